The maximum absolute atomic E-state index is 12.1. The molecule has 6 atom stereocenters. The first kappa shape index (κ1) is 23.7. The molecule has 0 bridgehead atoms. The van der Waals surface area contributed by atoms with E-state index in [2.05, 4.69) is 33.8 Å². The fraction of sp³-hybridized carbons (Fsp3) is 0.467. The van der Waals surface area contributed by atoms with Gasteiger partial charge < -0.3 is 14.9 Å². The average Bonchev–Trinajstić information content (AvgIpc) is 2.82. The van der Waals surface area contributed by atoms with Crippen molar-refractivity contribution in [3.8, 4) is 17.2 Å². The normalized spacial score (nSPS) is 31.5. The monoisotopic (exact) mass is 474 g/mol. The fourth-order valence-corrected chi connectivity index (χ4v) is 7.09. The van der Waals surface area contributed by atoms with Gasteiger partial charge in [0.05, 0.1) is 11.1 Å². The lowest BCUT2D eigenvalue weighted by Gasteiger charge is -2.54. The Morgan fingerprint density at radius 3 is 2.34 bits per heavy atom. The van der Waals surface area contributed by atoms with Crippen molar-refractivity contribution in [1.82, 2.24) is 0 Å². The van der Waals surface area contributed by atoms with Gasteiger partial charge in [-0.2, -0.15) is 0 Å². The molecule has 2 aromatic carbocycles. The number of phenols is 2. The van der Waals surface area contributed by atoms with Crippen molar-refractivity contribution >= 4 is 12.6 Å². The zero-order valence-corrected chi connectivity index (χ0v) is 20.8. The summed E-state index contributed by atoms with van der Waals surface area (Å²) in [6.07, 6.45) is 6.45. The molecule has 3 aliphatic rings. The van der Waals surface area contributed by atoms with Gasteiger partial charge in [-0.15, -0.1) is 0 Å². The zero-order chi connectivity index (χ0) is 25.1. The van der Waals surface area contributed by atoms with Gasteiger partial charge in [0, 0.05) is 17.4 Å². The van der Waals surface area contributed by atoms with Crippen molar-refractivity contribution in [3.63, 3.8) is 0 Å². The van der Waals surface area contributed by atoms with E-state index in [1.54, 1.807) is 0 Å². The minimum atomic E-state index is -0.733. The molecule has 0 saturated heterocycles. The molecule has 0 aromatic heterocycles. The topological polar surface area (TPSA) is 83.8 Å². The lowest BCUT2D eigenvalue weighted by atomic mass is 9.56. The van der Waals surface area contributed by atoms with Crippen molar-refractivity contribution in [2.45, 2.75) is 58.5 Å². The van der Waals surface area contributed by atoms with E-state index in [4.69, 9.17) is 4.74 Å². The molecule has 1 aliphatic heterocycles. The summed E-state index contributed by atoms with van der Waals surface area (Å²) in [4.78, 5) is 24.0. The van der Waals surface area contributed by atoms with Gasteiger partial charge in [0.25, 0.3) is 0 Å². The third-order valence-electron chi connectivity index (χ3n) is 8.92. The number of carbonyl (C=O) groups is 2. The average molecular weight is 475 g/mol. The highest BCUT2D eigenvalue weighted by atomic mass is 16.5. The number of phenolic OH excluding ortho intramolecular Hbond substituents is 2. The van der Waals surface area contributed by atoms with Crippen LogP contribution in [0.15, 0.2) is 42.0 Å². The minimum absolute atomic E-state index is 0.0195. The van der Waals surface area contributed by atoms with Crippen LogP contribution in [-0.4, -0.2) is 28.4 Å². The molecule has 184 valence electrons. The van der Waals surface area contributed by atoms with Gasteiger partial charge in [-0.1, -0.05) is 56.7 Å². The van der Waals surface area contributed by atoms with E-state index in [0.29, 0.717) is 41.8 Å². The maximum atomic E-state index is 12.1. The standard InChI is InChI=1S/C30H34O5/c1-16(2)19-11-10-17(3)20-12-24-25(18-8-6-5-7-9-18)26-28(34)22(14-31)27(33)23(15-32)29(26)35-30(24,4)13-21(19)20/h5-9,13-17,19-20,24-25,33-34H,10-12H2,1-4H3/t17-,19+,20-,24-,25+,30-/m1/s1. The highest BCUT2D eigenvalue weighted by Gasteiger charge is 2.54. The molecule has 1 fully saturated rings. The molecule has 2 N–H and O–H groups in total. The van der Waals surface area contributed by atoms with Crippen LogP contribution in [0.2, 0.25) is 0 Å². The third kappa shape index (κ3) is 3.50. The van der Waals surface area contributed by atoms with Gasteiger partial charge in [-0.25, -0.2) is 0 Å². The molecular formula is C30H34O5. The molecule has 5 heteroatoms. The second kappa shape index (κ2) is 8.54. The molecule has 5 rings (SSSR count). The van der Waals surface area contributed by atoms with E-state index in [-0.39, 0.29) is 34.5 Å². The van der Waals surface area contributed by atoms with E-state index < -0.39 is 11.4 Å². The first-order valence-electron chi connectivity index (χ1n) is 12.7. The van der Waals surface area contributed by atoms with Crippen molar-refractivity contribution in [2.24, 2.45) is 29.6 Å². The molecule has 2 aliphatic carbocycles. The Balaban J connectivity index is 1.80. The number of ether oxygens (including phenoxy) is 1. The Bertz CT molecular complexity index is 1200. The van der Waals surface area contributed by atoms with Crippen LogP contribution in [0, 0.1) is 29.6 Å². The Hall–Kier alpha value is -3.08. The van der Waals surface area contributed by atoms with Gasteiger partial charge in [-0.3, -0.25) is 9.59 Å². The van der Waals surface area contributed by atoms with Crippen molar-refractivity contribution in [2.75, 3.05) is 0 Å². The first-order valence-corrected chi connectivity index (χ1v) is 12.7. The number of carbonyl (C=O) groups excluding carboxylic acids is 2. The largest absolute Gasteiger partial charge is 0.507 e. The molecule has 35 heavy (non-hydrogen) atoms. The molecule has 0 amide bonds. The number of hydrogen-bond donors (Lipinski definition) is 2. The van der Waals surface area contributed by atoms with E-state index in [1.165, 1.54) is 12.0 Å². The fourth-order valence-electron chi connectivity index (χ4n) is 7.09. The second-order valence-corrected chi connectivity index (χ2v) is 11.2. The van der Waals surface area contributed by atoms with Gasteiger partial charge >= 0.3 is 0 Å². The third-order valence-corrected chi connectivity index (χ3v) is 8.92. The molecule has 0 spiro atoms. The Morgan fingerprint density at radius 2 is 1.71 bits per heavy atom. The number of aldehydes is 2. The molecule has 1 heterocycles. The van der Waals surface area contributed by atoms with Crippen LogP contribution in [-0.2, 0) is 0 Å². The highest BCUT2D eigenvalue weighted by Crippen LogP contribution is 2.61. The van der Waals surface area contributed by atoms with Gasteiger partial charge in [0.15, 0.2) is 12.6 Å². The van der Waals surface area contributed by atoms with Crippen molar-refractivity contribution < 1.29 is 24.5 Å². The number of fused-ring (bicyclic) bond motifs is 3. The predicted octanol–water partition coefficient (Wildman–Crippen LogP) is 6.27. The molecule has 5 nitrogen and oxygen atoms in total. The summed E-state index contributed by atoms with van der Waals surface area (Å²) in [5.74, 6) is 0.983. The van der Waals surface area contributed by atoms with Crippen molar-refractivity contribution in [1.29, 1.82) is 0 Å². The maximum Gasteiger partial charge on any atom is 0.157 e. The molecule has 1 saturated carbocycles. The van der Waals surface area contributed by atoms with Gasteiger partial charge in [0.2, 0.25) is 0 Å². The van der Waals surface area contributed by atoms with Crippen LogP contribution >= 0.6 is 0 Å². The molecule has 2 aromatic rings. The lowest BCUT2D eigenvalue weighted by molar-refractivity contribution is 0.00700. The summed E-state index contributed by atoms with van der Waals surface area (Å²) < 4.78 is 6.63. The van der Waals surface area contributed by atoms with Crippen LogP contribution in [0.25, 0.3) is 0 Å². The Kier molecular flexibility index (Phi) is 5.77. The molecule has 0 radical (unpaired) electrons. The summed E-state index contributed by atoms with van der Waals surface area (Å²) in [6, 6.07) is 9.91. The van der Waals surface area contributed by atoms with Gasteiger partial charge in [-0.05, 0) is 61.5 Å². The summed E-state index contributed by atoms with van der Waals surface area (Å²) >= 11 is 0. The number of benzene rings is 2. The highest BCUT2D eigenvalue weighted by molar-refractivity contribution is 5.95. The Labute approximate surface area is 206 Å². The summed E-state index contributed by atoms with van der Waals surface area (Å²) in [5.41, 5.74) is 1.77. The lowest BCUT2D eigenvalue weighted by Crippen LogP contribution is -2.51. The number of rotatable bonds is 4. The van der Waals surface area contributed by atoms with Gasteiger partial charge in [0.1, 0.15) is 22.8 Å². The van der Waals surface area contributed by atoms with E-state index in [0.717, 1.165) is 18.4 Å². The van der Waals surface area contributed by atoms with E-state index in [9.17, 15) is 19.8 Å². The number of aromatic hydroxyl groups is 2. The van der Waals surface area contributed by atoms with Crippen LogP contribution < -0.4 is 4.74 Å². The van der Waals surface area contributed by atoms with Crippen LogP contribution in [0.5, 0.6) is 17.2 Å². The molecular weight excluding hydrogens is 440 g/mol. The van der Waals surface area contributed by atoms with Crippen molar-refractivity contribution in [3.05, 3.63) is 64.2 Å². The Morgan fingerprint density at radius 1 is 1.03 bits per heavy atom. The predicted molar refractivity (Wildman–Crippen MR) is 134 cm³/mol. The smallest absolute Gasteiger partial charge is 0.157 e. The number of hydrogen-bond acceptors (Lipinski definition) is 5. The summed E-state index contributed by atoms with van der Waals surface area (Å²) in [6.45, 7) is 8.95. The number of allylic oxidation sites excluding steroid dienone is 1. The van der Waals surface area contributed by atoms with E-state index >= 15 is 0 Å². The summed E-state index contributed by atoms with van der Waals surface area (Å²) in [5, 5.41) is 21.9. The van der Waals surface area contributed by atoms with Crippen LogP contribution in [0.1, 0.15) is 84.7 Å². The second-order valence-electron chi connectivity index (χ2n) is 11.2. The zero-order valence-electron chi connectivity index (χ0n) is 20.8. The van der Waals surface area contributed by atoms with E-state index in [1.807, 2.05) is 30.3 Å². The van der Waals surface area contributed by atoms with Crippen LogP contribution in [0.4, 0.5) is 0 Å². The summed E-state index contributed by atoms with van der Waals surface area (Å²) in [7, 11) is 0. The SMILES string of the molecule is CC(C)[C@@H]1CC[C@@H](C)[C@H]2C[C@@H]3[C@H](c4ccccc4)c4c(O)c(C=O)c(O)c(C=O)c4O[C@]3(C)C=C12. The first-order chi connectivity index (χ1) is 16.7. The minimum Gasteiger partial charge on any atom is -0.507 e. The molecule has 0 unspecified atom stereocenters. The van der Waals surface area contributed by atoms with Crippen LogP contribution in [0.3, 0.4) is 0 Å². The quantitative estimate of drug-likeness (QED) is 0.403.